The maximum absolute atomic E-state index is 13.9. The van der Waals surface area contributed by atoms with Crippen molar-refractivity contribution < 1.29 is 97.8 Å². The highest BCUT2D eigenvalue weighted by Gasteiger charge is 2.42. The van der Waals surface area contributed by atoms with Gasteiger partial charge in [0.05, 0.1) is 122 Å². The predicted molar refractivity (Wildman–Crippen MR) is 377 cm³/mol. The number of rotatable bonds is 16. The molecule has 2 saturated heterocycles. The summed E-state index contributed by atoms with van der Waals surface area (Å²) in [6.07, 6.45) is 14.1. The van der Waals surface area contributed by atoms with Crippen molar-refractivity contribution >= 4 is 11.9 Å². The first kappa shape index (κ1) is 85.4. The van der Waals surface area contributed by atoms with Crippen molar-refractivity contribution in [3.8, 4) is 0 Å². The van der Waals surface area contributed by atoms with Crippen LogP contribution in [0, 0.1) is 47.3 Å². The average molecular weight is 1390 g/mol. The highest BCUT2D eigenvalue weighted by atomic mass is 16.6. The first-order valence-electron chi connectivity index (χ1n) is 37.1. The number of methoxy groups -OCH3 is 4. The second kappa shape index (κ2) is 43.1. The minimum absolute atomic E-state index is 0.0293. The maximum atomic E-state index is 13.9. The Labute approximate surface area is 587 Å². The van der Waals surface area contributed by atoms with Crippen LogP contribution >= 0.6 is 0 Å². The van der Waals surface area contributed by atoms with Gasteiger partial charge in [-0.15, -0.1) is 0 Å². The Balaban J connectivity index is 1.36. The summed E-state index contributed by atoms with van der Waals surface area (Å²) in [6, 6.07) is 0. The van der Waals surface area contributed by atoms with Crippen LogP contribution in [0.25, 0.3) is 0 Å². The number of esters is 2. The molecule has 0 radical (unpaired) electrons. The molecular weight excluding hydrogens is 1260 g/mol. The summed E-state index contributed by atoms with van der Waals surface area (Å²) >= 11 is 0. The highest BCUT2D eigenvalue weighted by molar-refractivity contribution is 5.83. The lowest BCUT2D eigenvalue weighted by atomic mass is 9.78. The summed E-state index contributed by atoms with van der Waals surface area (Å²) in [5.41, 5.74) is 1.39. The van der Waals surface area contributed by atoms with Crippen LogP contribution in [0.2, 0.25) is 0 Å². The first-order valence-corrected chi connectivity index (χ1v) is 37.1. The minimum atomic E-state index is -1.16. The number of allylic oxidation sites excluding steroid dienone is 4. The first-order chi connectivity index (χ1) is 46.4. The molecule has 5 aliphatic heterocycles. The van der Waals surface area contributed by atoms with Crippen LogP contribution in [0.5, 0.6) is 0 Å². The van der Waals surface area contributed by atoms with Crippen molar-refractivity contribution in [2.75, 3.05) is 28.4 Å². The summed E-state index contributed by atoms with van der Waals surface area (Å²) in [5, 5.41) is 94.4. The topological polar surface area (TPSA) is 288 Å². The SMILES string of the molecule is CO[C@H]1C[C@H](CC[C@H](C)[C@H](O)[C@H](C)[C@H]2OC(=O)C=C/C(C)=C/C[C@H](O)C[C@@H]3C=CC[C@@H](C[C@H](OC)[C@@H](C)[C@@H](O)C[C@@H](O)C(C)[C@@H]([C@@H](C)[C@@H](O)[C@@H](C)CC[C@H]4C[C@H](OC)C[C@H](C)O4)OC(=O)/C=C/C(C)=CC[C@H](O)C[C@@H]4C=CC[C@@H](C[C@H](OC)[C@@H](C)[C@@H](O)C[C@@H](O)[C@@H]2C)O4)O3)O[C@@H](C)C1. The van der Waals surface area contributed by atoms with E-state index in [4.69, 9.17) is 47.4 Å². The summed E-state index contributed by atoms with van der Waals surface area (Å²) < 4.78 is 61.3. The number of fused-ring (bicyclic) bond motifs is 4. The van der Waals surface area contributed by atoms with Crippen LogP contribution < -0.4 is 0 Å². The smallest absolute Gasteiger partial charge is 0.331 e. The monoisotopic (exact) mass is 1390 g/mol. The van der Waals surface area contributed by atoms with Gasteiger partial charge in [-0.3, -0.25) is 0 Å². The second-order valence-electron chi connectivity index (χ2n) is 30.3. The van der Waals surface area contributed by atoms with E-state index in [1.165, 1.54) is 12.2 Å². The van der Waals surface area contributed by atoms with Gasteiger partial charge in [-0.25, -0.2) is 9.59 Å². The van der Waals surface area contributed by atoms with Crippen LogP contribution in [-0.4, -0.2) is 216 Å². The lowest BCUT2D eigenvalue weighted by Gasteiger charge is -2.38. The Kier molecular flexibility index (Phi) is 37.6. The molecule has 5 rings (SSSR count). The van der Waals surface area contributed by atoms with Gasteiger partial charge >= 0.3 is 11.9 Å². The molecule has 0 aliphatic carbocycles. The standard InChI is InChI=1S/C78H132O20/c1-45-23-29-57(79)37-59-19-17-21-61(95-59)41-71(91-15)52(8)68(82)44-70(84)54(10)78(56(12)76(88)48(4)28-32-64-40-66(90-14)36-50(6)94-64)98-74(86)34-26-46(2)24-30-58(80)38-60-20-18-22-62(96-60)42-72(92-16)51(7)67(81)43-69(83)53(9)77(97-73(85)33-25-45)55(11)75(87)47(3)27-31-63-39-65(89-13)35-49(5)93-63/h17-20,23-26,33-34,47-72,75-84,87-88H,21-22,27-32,35-44H2,1-16H3/b33-25+,34-26?,45-23?,46-24+/t47-,48-,49-,50-,51-,52-,53?,54-,55-,56-,57-,58-,59-,60-,61-,62-,63-,64-,65+,66+,67-,68-,69+,70+,71-,72-,75-,76-,77-,78-/m0/s1. The Hall–Kier alpha value is -3.26. The molecule has 4 bridgehead atoms. The zero-order chi connectivity index (χ0) is 72.5. The molecule has 30 atom stereocenters. The molecule has 20 nitrogen and oxygen atoms in total. The minimum Gasteiger partial charge on any atom is -0.458 e. The van der Waals surface area contributed by atoms with Gasteiger partial charge in [-0.05, 0) is 129 Å². The fourth-order valence-electron chi connectivity index (χ4n) is 15.3. The van der Waals surface area contributed by atoms with Gasteiger partial charge in [0.15, 0.2) is 0 Å². The van der Waals surface area contributed by atoms with Gasteiger partial charge in [0, 0.05) is 102 Å². The molecule has 20 heteroatoms. The lowest BCUT2D eigenvalue weighted by Crippen LogP contribution is -2.45. The molecule has 8 N–H and O–H groups in total. The van der Waals surface area contributed by atoms with Gasteiger partial charge in [0.2, 0.25) is 0 Å². The van der Waals surface area contributed by atoms with E-state index in [1.54, 1.807) is 54.4 Å². The third-order valence-electron chi connectivity index (χ3n) is 22.3. The van der Waals surface area contributed by atoms with E-state index in [0.29, 0.717) is 62.5 Å². The number of aliphatic hydroxyl groups excluding tert-OH is 8. The highest BCUT2D eigenvalue weighted by Crippen LogP contribution is 2.37. The third-order valence-corrected chi connectivity index (χ3v) is 22.3. The second-order valence-corrected chi connectivity index (χ2v) is 30.3. The molecule has 0 aromatic carbocycles. The average Bonchev–Trinajstić information content (AvgIpc) is 0.853. The summed E-state index contributed by atoms with van der Waals surface area (Å²) in [5.74, 6) is -5.50. The van der Waals surface area contributed by atoms with Crippen molar-refractivity contribution in [3.05, 3.63) is 71.9 Å². The molecule has 5 heterocycles. The van der Waals surface area contributed by atoms with Crippen LogP contribution in [0.1, 0.15) is 199 Å². The van der Waals surface area contributed by atoms with E-state index < -0.39 is 133 Å². The Bertz CT molecular complexity index is 2320. The van der Waals surface area contributed by atoms with Gasteiger partial charge in [-0.2, -0.15) is 0 Å². The number of ether oxygens (including phenoxy) is 10. The Morgan fingerprint density at radius 3 is 1.15 bits per heavy atom. The molecular formula is C78H132O20. The molecule has 0 saturated carbocycles. The van der Waals surface area contributed by atoms with Crippen LogP contribution in [0.3, 0.4) is 0 Å². The number of cyclic esters (lactones) is 2. The molecule has 0 aromatic heterocycles. The van der Waals surface area contributed by atoms with E-state index in [2.05, 4.69) is 0 Å². The molecule has 2 fully saturated rings. The fourth-order valence-corrected chi connectivity index (χ4v) is 15.3. The van der Waals surface area contributed by atoms with Gasteiger partial charge in [0.1, 0.15) is 12.2 Å². The number of aliphatic hydroxyl groups is 8. The van der Waals surface area contributed by atoms with Crippen molar-refractivity contribution in [1.82, 2.24) is 0 Å². The lowest BCUT2D eigenvalue weighted by molar-refractivity contribution is -0.158. The maximum Gasteiger partial charge on any atom is 0.331 e. The van der Waals surface area contributed by atoms with E-state index >= 15 is 0 Å². The van der Waals surface area contributed by atoms with Gasteiger partial charge < -0.3 is 88.2 Å². The van der Waals surface area contributed by atoms with Crippen molar-refractivity contribution in [2.45, 2.75) is 333 Å². The molecule has 1 unspecified atom stereocenters. The fraction of sp³-hybridized carbons (Fsp3) is 0.821. The normalized spacial score (nSPS) is 40.2. The number of hydrogen-bond acceptors (Lipinski definition) is 20. The number of hydrogen-bond donors (Lipinski definition) is 8. The molecule has 0 aromatic rings. The number of carbonyl (C=O) groups excluding carboxylic acids is 2. The van der Waals surface area contributed by atoms with Crippen molar-refractivity contribution in [1.29, 1.82) is 0 Å². The molecule has 98 heavy (non-hydrogen) atoms. The van der Waals surface area contributed by atoms with Crippen LogP contribution in [0.15, 0.2) is 71.9 Å². The Morgan fingerprint density at radius 1 is 0.449 bits per heavy atom. The van der Waals surface area contributed by atoms with E-state index in [-0.39, 0.29) is 99.2 Å². The number of carbonyl (C=O) groups is 2. The van der Waals surface area contributed by atoms with Crippen LogP contribution in [0.4, 0.5) is 0 Å². The van der Waals surface area contributed by atoms with Gasteiger partial charge in [0.25, 0.3) is 0 Å². The van der Waals surface area contributed by atoms with E-state index in [0.717, 1.165) is 25.7 Å². The van der Waals surface area contributed by atoms with E-state index in [9.17, 15) is 50.4 Å². The molecule has 0 amide bonds. The molecule has 564 valence electrons. The van der Waals surface area contributed by atoms with Crippen molar-refractivity contribution in [3.63, 3.8) is 0 Å². The third kappa shape index (κ3) is 28.1. The van der Waals surface area contributed by atoms with Crippen molar-refractivity contribution in [2.24, 2.45) is 47.3 Å². The summed E-state index contributed by atoms with van der Waals surface area (Å²) in [6.45, 7) is 22.5. The quantitative estimate of drug-likeness (QED) is 0.0527. The van der Waals surface area contributed by atoms with Gasteiger partial charge in [-0.1, -0.05) is 115 Å². The Morgan fingerprint density at radius 2 is 0.806 bits per heavy atom. The summed E-state index contributed by atoms with van der Waals surface area (Å²) in [4.78, 5) is 27.8. The molecule has 5 aliphatic rings. The van der Waals surface area contributed by atoms with Crippen LogP contribution in [-0.2, 0) is 57.0 Å². The summed E-state index contributed by atoms with van der Waals surface area (Å²) in [7, 11) is 6.58. The molecule has 0 spiro atoms. The largest absolute Gasteiger partial charge is 0.458 e. The van der Waals surface area contributed by atoms with E-state index in [1.807, 2.05) is 106 Å². The zero-order valence-electron chi connectivity index (χ0n) is 62.3. The predicted octanol–water partition coefficient (Wildman–Crippen LogP) is 10.1. The zero-order valence-corrected chi connectivity index (χ0v) is 62.3.